The summed E-state index contributed by atoms with van der Waals surface area (Å²) < 4.78 is 11.8. The van der Waals surface area contributed by atoms with Crippen molar-refractivity contribution in [2.45, 2.75) is 25.3 Å². The summed E-state index contributed by atoms with van der Waals surface area (Å²) in [6.07, 6.45) is 2.14. The second-order valence-electron chi connectivity index (χ2n) is 6.91. The number of morpholine rings is 1. The van der Waals surface area contributed by atoms with Gasteiger partial charge in [-0.1, -0.05) is 18.2 Å². The van der Waals surface area contributed by atoms with E-state index in [1.165, 1.54) is 5.56 Å². The van der Waals surface area contributed by atoms with Crippen molar-refractivity contribution in [1.82, 2.24) is 14.8 Å². The number of hydrogen-bond donors (Lipinski definition) is 0. The Morgan fingerprint density at radius 3 is 3.00 bits per heavy atom. The number of hydrogen-bond acceptors (Lipinski definition) is 5. The van der Waals surface area contributed by atoms with Crippen LogP contribution in [0.4, 0.5) is 0 Å². The van der Waals surface area contributed by atoms with Crippen LogP contribution in [0.15, 0.2) is 48.7 Å². The number of likely N-dealkylation sites (tertiary alicyclic amines) is 1. The minimum absolute atomic E-state index is 0.349. The van der Waals surface area contributed by atoms with Crippen LogP contribution in [0.2, 0.25) is 0 Å². The summed E-state index contributed by atoms with van der Waals surface area (Å²) in [6, 6.07) is 14.8. The van der Waals surface area contributed by atoms with Crippen LogP contribution in [0, 0.1) is 0 Å². The van der Waals surface area contributed by atoms with E-state index in [1.807, 2.05) is 24.3 Å². The van der Waals surface area contributed by atoms with Crippen LogP contribution in [0.5, 0.6) is 5.75 Å². The van der Waals surface area contributed by atoms with E-state index in [2.05, 4.69) is 40.0 Å². The summed E-state index contributed by atoms with van der Waals surface area (Å²) in [5.41, 5.74) is 2.22. The van der Waals surface area contributed by atoms with E-state index < -0.39 is 0 Å². The molecule has 0 radical (unpaired) electrons. The second kappa shape index (κ2) is 7.52. The third-order valence-electron chi connectivity index (χ3n) is 5.07. The molecule has 0 spiro atoms. The third-order valence-corrected chi connectivity index (χ3v) is 5.07. The van der Waals surface area contributed by atoms with Gasteiger partial charge in [-0.2, -0.15) is 0 Å². The zero-order valence-corrected chi connectivity index (χ0v) is 14.7. The van der Waals surface area contributed by atoms with Gasteiger partial charge in [0.2, 0.25) is 0 Å². The van der Waals surface area contributed by atoms with Crippen molar-refractivity contribution in [3.05, 3.63) is 59.9 Å². The van der Waals surface area contributed by atoms with Crippen molar-refractivity contribution in [2.75, 3.05) is 33.3 Å². The zero-order chi connectivity index (χ0) is 17.1. The molecule has 0 N–H and O–H groups in total. The van der Waals surface area contributed by atoms with Gasteiger partial charge < -0.3 is 9.47 Å². The Labute approximate surface area is 149 Å². The number of benzene rings is 1. The maximum atomic E-state index is 5.94. The SMILES string of the molecule is CN1CCO[C@H]2CN(Cc3cccc(OCc4ccccn4)c3)C[C@H]21. The normalized spacial score (nSPS) is 24.2. The van der Waals surface area contributed by atoms with E-state index in [4.69, 9.17) is 9.47 Å². The van der Waals surface area contributed by atoms with E-state index in [1.54, 1.807) is 6.20 Å². The molecule has 2 aliphatic rings. The fourth-order valence-corrected chi connectivity index (χ4v) is 3.70. The van der Waals surface area contributed by atoms with Gasteiger partial charge in [0.05, 0.1) is 18.4 Å². The van der Waals surface area contributed by atoms with E-state index >= 15 is 0 Å². The number of aromatic nitrogens is 1. The van der Waals surface area contributed by atoms with Gasteiger partial charge in [0.15, 0.2) is 0 Å². The summed E-state index contributed by atoms with van der Waals surface area (Å²) in [4.78, 5) is 9.21. The number of pyridine rings is 1. The van der Waals surface area contributed by atoms with Gasteiger partial charge >= 0.3 is 0 Å². The van der Waals surface area contributed by atoms with Crippen molar-refractivity contribution >= 4 is 0 Å². The van der Waals surface area contributed by atoms with Crippen LogP contribution in [0.3, 0.4) is 0 Å². The zero-order valence-electron chi connectivity index (χ0n) is 14.7. The first-order valence-electron chi connectivity index (χ1n) is 8.94. The predicted molar refractivity (Wildman–Crippen MR) is 96.4 cm³/mol. The number of ether oxygens (including phenoxy) is 2. The van der Waals surface area contributed by atoms with Crippen molar-refractivity contribution in [3.8, 4) is 5.75 Å². The first-order valence-corrected chi connectivity index (χ1v) is 8.94. The van der Waals surface area contributed by atoms with Gasteiger partial charge in [-0.15, -0.1) is 0 Å². The van der Waals surface area contributed by atoms with Crippen LogP contribution in [0.25, 0.3) is 0 Å². The van der Waals surface area contributed by atoms with Crippen LogP contribution < -0.4 is 4.74 Å². The lowest BCUT2D eigenvalue weighted by molar-refractivity contribution is -0.0370. The molecule has 2 fully saturated rings. The Hall–Kier alpha value is -1.95. The third kappa shape index (κ3) is 4.00. The van der Waals surface area contributed by atoms with Gasteiger partial charge in [-0.05, 0) is 36.9 Å². The largest absolute Gasteiger partial charge is 0.487 e. The quantitative estimate of drug-likeness (QED) is 0.835. The molecule has 2 aliphatic heterocycles. The molecule has 0 saturated carbocycles. The maximum absolute atomic E-state index is 5.94. The first kappa shape index (κ1) is 16.5. The van der Waals surface area contributed by atoms with Crippen molar-refractivity contribution < 1.29 is 9.47 Å². The molecule has 132 valence electrons. The van der Waals surface area contributed by atoms with E-state index in [-0.39, 0.29) is 0 Å². The summed E-state index contributed by atoms with van der Waals surface area (Å²) in [5, 5.41) is 0. The monoisotopic (exact) mass is 339 g/mol. The smallest absolute Gasteiger partial charge is 0.130 e. The maximum Gasteiger partial charge on any atom is 0.130 e. The molecule has 2 saturated heterocycles. The van der Waals surface area contributed by atoms with E-state index in [9.17, 15) is 0 Å². The Kier molecular flexibility index (Phi) is 4.97. The van der Waals surface area contributed by atoms with E-state index in [0.717, 1.165) is 44.2 Å². The minimum atomic E-state index is 0.349. The van der Waals surface area contributed by atoms with Gasteiger partial charge in [-0.3, -0.25) is 14.8 Å². The summed E-state index contributed by atoms with van der Waals surface area (Å²) in [7, 11) is 2.20. The lowest BCUT2D eigenvalue weighted by atomic mass is 10.1. The molecule has 0 amide bonds. The molecule has 2 atom stereocenters. The lowest BCUT2D eigenvalue weighted by Gasteiger charge is -2.33. The van der Waals surface area contributed by atoms with Crippen molar-refractivity contribution in [3.63, 3.8) is 0 Å². The van der Waals surface area contributed by atoms with Crippen molar-refractivity contribution in [2.24, 2.45) is 0 Å². The Morgan fingerprint density at radius 1 is 1.20 bits per heavy atom. The van der Waals surface area contributed by atoms with Gasteiger partial charge in [0.25, 0.3) is 0 Å². The molecule has 1 aromatic heterocycles. The number of rotatable bonds is 5. The van der Waals surface area contributed by atoms with Crippen LogP contribution in [-0.2, 0) is 17.9 Å². The van der Waals surface area contributed by atoms with E-state index in [0.29, 0.717) is 18.8 Å². The number of nitrogens with zero attached hydrogens (tertiary/aromatic N) is 3. The minimum Gasteiger partial charge on any atom is -0.487 e. The average molecular weight is 339 g/mol. The summed E-state index contributed by atoms with van der Waals surface area (Å²) in [6.45, 7) is 5.39. The highest BCUT2D eigenvalue weighted by molar-refractivity contribution is 5.29. The van der Waals surface area contributed by atoms with Crippen LogP contribution >= 0.6 is 0 Å². The summed E-state index contributed by atoms with van der Waals surface area (Å²) in [5.74, 6) is 0.896. The topological polar surface area (TPSA) is 37.8 Å². The average Bonchev–Trinajstić information content (AvgIpc) is 3.05. The highest BCUT2D eigenvalue weighted by atomic mass is 16.5. The highest BCUT2D eigenvalue weighted by Crippen LogP contribution is 2.24. The molecule has 1 aromatic carbocycles. The van der Waals surface area contributed by atoms with Gasteiger partial charge in [-0.25, -0.2) is 0 Å². The summed E-state index contributed by atoms with van der Waals surface area (Å²) >= 11 is 0. The molecule has 5 nitrogen and oxygen atoms in total. The highest BCUT2D eigenvalue weighted by Gasteiger charge is 2.38. The molecular weight excluding hydrogens is 314 g/mol. The molecular formula is C20H25N3O2. The molecule has 2 aromatic rings. The molecule has 4 rings (SSSR count). The fourth-order valence-electron chi connectivity index (χ4n) is 3.70. The number of fused-ring (bicyclic) bond motifs is 1. The standard InChI is InChI=1S/C20H25N3O2/c1-22-9-10-24-20-14-23(13-19(20)22)12-16-5-4-7-18(11-16)25-15-17-6-2-3-8-21-17/h2-8,11,19-20H,9-10,12-15H2,1H3/t19-,20+/m1/s1. The molecule has 5 heteroatoms. The molecule has 0 bridgehead atoms. The molecule has 0 aliphatic carbocycles. The Balaban J connectivity index is 1.35. The molecule has 3 heterocycles. The first-order chi connectivity index (χ1) is 12.3. The van der Waals surface area contributed by atoms with Crippen LogP contribution in [0.1, 0.15) is 11.3 Å². The lowest BCUT2D eigenvalue weighted by Crippen LogP contribution is -2.48. The van der Waals surface area contributed by atoms with Gasteiger partial charge in [0, 0.05) is 38.4 Å². The van der Waals surface area contributed by atoms with Gasteiger partial charge in [0.1, 0.15) is 12.4 Å². The fraction of sp³-hybridized carbons (Fsp3) is 0.450. The second-order valence-corrected chi connectivity index (χ2v) is 6.91. The molecule has 25 heavy (non-hydrogen) atoms. The number of likely N-dealkylation sites (N-methyl/N-ethyl adjacent to an activating group) is 1. The Morgan fingerprint density at radius 2 is 2.16 bits per heavy atom. The van der Waals surface area contributed by atoms with Crippen LogP contribution in [-0.4, -0.2) is 60.2 Å². The predicted octanol–water partition coefficient (Wildman–Crippen LogP) is 2.18. The Bertz CT molecular complexity index is 694. The van der Waals surface area contributed by atoms with Crippen molar-refractivity contribution in [1.29, 1.82) is 0 Å². The molecule has 0 unspecified atom stereocenters.